The molecule has 0 bridgehead atoms. The van der Waals surface area contributed by atoms with Gasteiger partial charge in [-0.05, 0) is 97.4 Å². The van der Waals surface area contributed by atoms with Crippen LogP contribution in [0.1, 0.15) is 80.4 Å². The van der Waals surface area contributed by atoms with Crippen LogP contribution in [-0.2, 0) is 11.2 Å². The van der Waals surface area contributed by atoms with Crippen LogP contribution in [0.15, 0.2) is 42.5 Å². The van der Waals surface area contributed by atoms with Crippen molar-refractivity contribution in [3.8, 4) is 5.75 Å². The zero-order valence-electron chi connectivity index (χ0n) is 22.2. The molecule has 1 fully saturated rings. The Kier molecular flexibility index (Phi) is 7.95. The number of hydrogen-bond donors (Lipinski definition) is 1. The van der Waals surface area contributed by atoms with Gasteiger partial charge in [-0.3, -0.25) is 0 Å². The third kappa shape index (κ3) is 6.42. The summed E-state index contributed by atoms with van der Waals surface area (Å²) in [6, 6.07) is 10.2. The Labute approximate surface area is 221 Å². The van der Waals surface area contributed by atoms with Crippen molar-refractivity contribution in [2.75, 3.05) is 12.4 Å². The lowest BCUT2D eigenvalue weighted by atomic mass is 9.71. The van der Waals surface area contributed by atoms with Crippen molar-refractivity contribution in [2.45, 2.75) is 77.7 Å². The van der Waals surface area contributed by atoms with Crippen molar-refractivity contribution in [3.63, 3.8) is 0 Å². The van der Waals surface area contributed by atoms with E-state index in [1.807, 2.05) is 17.0 Å². The van der Waals surface area contributed by atoms with Gasteiger partial charge in [0.05, 0.1) is 18.7 Å². The predicted molar refractivity (Wildman–Crippen MR) is 138 cm³/mol. The number of fused-ring (bicyclic) bond motifs is 1. The third-order valence-electron chi connectivity index (χ3n) is 7.83. The molecule has 6 nitrogen and oxygen atoms in total. The quantitative estimate of drug-likeness (QED) is 0.405. The van der Waals surface area contributed by atoms with Gasteiger partial charge in [-0.1, -0.05) is 26.8 Å². The second-order valence-corrected chi connectivity index (χ2v) is 11.2. The van der Waals surface area contributed by atoms with E-state index < -0.39 is 12.3 Å². The van der Waals surface area contributed by atoms with Crippen LogP contribution in [0.4, 0.5) is 23.7 Å². The van der Waals surface area contributed by atoms with Gasteiger partial charge in [-0.15, -0.1) is 13.2 Å². The van der Waals surface area contributed by atoms with E-state index in [1.165, 1.54) is 31.4 Å². The summed E-state index contributed by atoms with van der Waals surface area (Å²) in [6.07, 6.45) is 0.460. The zero-order chi connectivity index (χ0) is 27.7. The number of carbonyl (C=O) groups excluding carboxylic acids is 2. The molecule has 0 spiro atoms. The third-order valence-corrected chi connectivity index (χ3v) is 7.83. The van der Waals surface area contributed by atoms with Crippen molar-refractivity contribution in [1.29, 1.82) is 0 Å². The summed E-state index contributed by atoms with van der Waals surface area (Å²) in [5.74, 6) is -0.174. The largest absolute Gasteiger partial charge is 0.573 e. The lowest BCUT2D eigenvalue weighted by Gasteiger charge is -2.43. The maximum atomic E-state index is 13.8. The fourth-order valence-electron chi connectivity index (χ4n) is 5.84. The summed E-state index contributed by atoms with van der Waals surface area (Å²) in [5.41, 5.74) is 3.10. The Morgan fingerprint density at radius 3 is 2.18 bits per heavy atom. The molecule has 0 saturated heterocycles. The second-order valence-electron chi connectivity index (χ2n) is 11.2. The molecule has 2 aromatic rings. The molecule has 1 atom stereocenters. The van der Waals surface area contributed by atoms with Gasteiger partial charge in [-0.25, -0.2) is 9.59 Å². The number of nitrogens with one attached hydrogen (secondary N) is 1. The molecule has 4 rings (SSSR count). The van der Waals surface area contributed by atoms with Gasteiger partial charge in [0, 0.05) is 11.7 Å². The van der Waals surface area contributed by atoms with Crippen LogP contribution in [0.3, 0.4) is 0 Å². The number of anilines is 1. The van der Waals surface area contributed by atoms with E-state index in [1.54, 1.807) is 6.07 Å². The number of benzene rings is 2. The van der Waals surface area contributed by atoms with Crippen LogP contribution < -0.4 is 10.1 Å². The molecular weight excluding hydrogens is 497 g/mol. The van der Waals surface area contributed by atoms with E-state index in [4.69, 9.17) is 4.74 Å². The van der Waals surface area contributed by atoms with Crippen LogP contribution in [0.2, 0.25) is 0 Å². The van der Waals surface area contributed by atoms with Crippen LogP contribution in [0.25, 0.3) is 0 Å². The zero-order valence-corrected chi connectivity index (χ0v) is 22.2. The number of rotatable bonds is 5. The molecule has 206 valence electrons. The number of esters is 1. The number of nitrogens with zero attached hydrogens (tertiary/aromatic N) is 1. The molecule has 0 heterocycles. The number of alkyl halides is 3. The van der Waals surface area contributed by atoms with Crippen molar-refractivity contribution < 1.29 is 32.2 Å². The monoisotopic (exact) mass is 532 g/mol. The summed E-state index contributed by atoms with van der Waals surface area (Å²) in [6.45, 7) is 6.75. The van der Waals surface area contributed by atoms with Gasteiger partial charge in [-0.2, -0.15) is 0 Å². The molecule has 0 aliphatic heterocycles. The molecule has 1 saturated carbocycles. The van der Waals surface area contributed by atoms with Gasteiger partial charge in [0.25, 0.3) is 0 Å². The molecule has 2 amide bonds. The van der Waals surface area contributed by atoms with Gasteiger partial charge in [0.2, 0.25) is 0 Å². The average Bonchev–Trinajstić information content (AvgIpc) is 3.26. The first kappa shape index (κ1) is 27.8. The summed E-state index contributed by atoms with van der Waals surface area (Å²) in [5, 5.41) is 2.89. The normalized spacial score (nSPS) is 21.4. The summed E-state index contributed by atoms with van der Waals surface area (Å²) >= 11 is 0. The second kappa shape index (κ2) is 10.9. The Bertz CT molecular complexity index is 1150. The summed E-state index contributed by atoms with van der Waals surface area (Å²) in [4.78, 5) is 27.7. The molecule has 0 radical (unpaired) electrons. The molecule has 1 unspecified atom stereocenters. The van der Waals surface area contributed by atoms with E-state index >= 15 is 0 Å². The fraction of sp³-hybridized carbons (Fsp3) is 0.517. The standard InChI is InChI=1S/C29H35F3N2O4/c1-28(2,3)20-7-11-22(12-8-20)34(25-16-6-18-17-19(26(35)37-4)5-15-24(18)25)27(36)33-21-9-13-23(14-10-21)38-29(30,31)32/h5,9-10,13-15,17,20,22,25H,6-8,11-12,16H2,1-4H3,(H,33,36). The number of urea groups is 1. The predicted octanol–water partition coefficient (Wildman–Crippen LogP) is 7.50. The van der Waals surface area contributed by atoms with E-state index in [0.29, 0.717) is 17.2 Å². The fourth-order valence-corrected chi connectivity index (χ4v) is 5.84. The number of methoxy groups -OCH3 is 1. The number of amides is 2. The highest BCUT2D eigenvalue weighted by Crippen LogP contribution is 2.44. The average molecular weight is 533 g/mol. The molecule has 2 aliphatic carbocycles. The number of hydrogen-bond acceptors (Lipinski definition) is 4. The topological polar surface area (TPSA) is 67.9 Å². The van der Waals surface area contributed by atoms with E-state index in [-0.39, 0.29) is 29.3 Å². The number of carbonyl (C=O) groups is 2. The molecule has 1 N–H and O–H groups in total. The van der Waals surface area contributed by atoms with Gasteiger partial charge >= 0.3 is 18.4 Å². The van der Waals surface area contributed by atoms with E-state index in [9.17, 15) is 22.8 Å². The SMILES string of the molecule is COC(=O)c1ccc2c(c1)CCC2N(C(=O)Nc1ccc(OC(F)(F)F)cc1)C1CCC(C(C)(C)C)CC1. The van der Waals surface area contributed by atoms with Gasteiger partial charge < -0.3 is 19.7 Å². The molecule has 38 heavy (non-hydrogen) atoms. The molecule has 9 heteroatoms. The van der Waals surface area contributed by atoms with E-state index in [2.05, 4.69) is 30.8 Å². The minimum absolute atomic E-state index is 0.0256. The Morgan fingerprint density at radius 2 is 1.61 bits per heavy atom. The van der Waals surface area contributed by atoms with Crippen LogP contribution in [0.5, 0.6) is 5.75 Å². The Hall–Kier alpha value is -3.23. The first-order valence-corrected chi connectivity index (χ1v) is 13.0. The van der Waals surface area contributed by atoms with Crippen molar-refractivity contribution >= 4 is 17.7 Å². The van der Waals surface area contributed by atoms with Crippen LogP contribution >= 0.6 is 0 Å². The molecule has 2 aliphatic rings. The Balaban J connectivity index is 1.57. The highest BCUT2D eigenvalue weighted by molar-refractivity contribution is 5.91. The van der Waals surface area contributed by atoms with Crippen molar-refractivity contribution in [1.82, 2.24) is 4.90 Å². The van der Waals surface area contributed by atoms with Crippen LogP contribution in [-0.4, -0.2) is 36.4 Å². The van der Waals surface area contributed by atoms with Gasteiger partial charge in [0.1, 0.15) is 5.75 Å². The molecule has 2 aromatic carbocycles. The lowest BCUT2D eigenvalue weighted by Crippen LogP contribution is -2.47. The number of halogens is 3. The number of ether oxygens (including phenoxy) is 2. The summed E-state index contributed by atoms with van der Waals surface area (Å²) in [7, 11) is 1.35. The lowest BCUT2D eigenvalue weighted by molar-refractivity contribution is -0.274. The van der Waals surface area contributed by atoms with Crippen molar-refractivity contribution in [3.05, 3.63) is 59.2 Å². The maximum Gasteiger partial charge on any atom is 0.573 e. The summed E-state index contributed by atoms with van der Waals surface area (Å²) < 4.78 is 46.4. The molecule has 0 aromatic heterocycles. The smallest absolute Gasteiger partial charge is 0.465 e. The van der Waals surface area contributed by atoms with Gasteiger partial charge in [0.15, 0.2) is 0 Å². The Morgan fingerprint density at radius 1 is 0.947 bits per heavy atom. The maximum absolute atomic E-state index is 13.8. The first-order chi connectivity index (χ1) is 17.9. The first-order valence-electron chi connectivity index (χ1n) is 13.0. The minimum Gasteiger partial charge on any atom is -0.465 e. The highest BCUT2D eigenvalue weighted by atomic mass is 19.4. The highest BCUT2D eigenvalue weighted by Gasteiger charge is 2.39. The van der Waals surface area contributed by atoms with Crippen molar-refractivity contribution in [2.24, 2.45) is 11.3 Å². The number of aryl methyl sites for hydroxylation is 1. The minimum atomic E-state index is -4.78. The van der Waals surface area contributed by atoms with Crippen LogP contribution in [0, 0.1) is 11.3 Å². The van der Waals surface area contributed by atoms with E-state index in [0.717, 1.165) is 49.7 Å². The molecular formula is C29H35F3N2O4.